The van der Waals surface area contributed by atoms with E-state index < -0.39 is 6.10 Å². The molecule has 3 heterocycles. The minimum atomic E-state index is -0.624. The molecule has 2 aliphatic heterocycles. The zero-order valence-electron chi connectivity index (χ0n) is 15.0. The van der Waals surface area contributed by atoms with Crippen LogP contribution in [0, 0.1) is 0 Å². The van der Waals surface area contributed by atoms with E-state index >= 15 is 0 Å². The van der Waals surface area contributed by atoms with Crippen molar-refractivity contribution in [2.45, 2.75) is 18.9 Å². The molecule has 0 spiro atoms. The number of hydrogen-bond acceptors (Lipinski definition) is 5. The van der Waals surface area contributed by atoms with Crippen molar-refractivity contribution in [3.05, 3.63) is 46.7 Å². The van der Waals surface area contributed by atoms with Gasteiger partial charge in [-0.2, -0.15) is 0 Å². The van der Waals surface area contributed by atoms with Crippen LogP contribution in [-0.4, -0.2) is 60.5 Å². The van der Waals surface area contributed by atoms with Gasteiger partial charge in [0.1, 0.15) is 6.61 Å². The SMILES string of the molecule is O=C(CCc1cccs1)N1CCN(C(=O)C2COc3ccccc3O2)CC1. The average Bonchev–Trinajstić information content (AvgIpc) is 3.25. The number of aryl methyl sites for hydroxylation is 1. The van der Waals surface area contributed by atoms with Crippen molar-refractivity contribution >= 4 is 23.2 Å². The van der Waals surface area contributed by atoms with Gasteiger partial charge in [0, 0.05) is 37.5 Å². The summed E-state index contributed by atoms with van der Waals surface area (Å²) in [6.45, 7) is 2.42. The van der Waals surface area contributed by atoms with Gasteiger partial charge in [0.15, 0.2) is 11.5 Å². The Morgan fingerprint density at radius 3 is 2.48 bits per heavy atom. The zero-order valence-corrected chi connectivity index (χ0v) is 15.8. The van der Waals surface area contributed by atoms with Crippen molar-refractivity contribution in [3.8, 4) is 11.5 Å². The summed E-state index contributed by atoms with van der Waals surface area (Å²) < 4.78 is 11.4. The molecular weight excluding hydrogens is 364 g/mol. The first-order chi connectivity index (χ1) is 13.2. The molecule has 2 aromatic rings. The fourth-order valence-electron chi connectivity index (χ4n) is 3.36. The second-order valence-corrected chi connectivity index (χ2v) is 7.68. The molecule has 27 heavy (non-hydrogen) atoms. The minimum Gasteiger partial charge on any atom is -0.485 e. The van der Waals surface area contributed by atoms with Gasteiger partial charge in [0.25, 0.3) is 5.91 Å². The van der Waals surface area contributed by atoms with Crippen LogP contribution in [0.2, 0.25) is 0 Å². The first-order valence-electron chi connectivity index (χ1n) is 9.18. The number of benzene rings is 1. The van der Waals surface area contributed by atoms with Crippen LogP contribution < -0.4 is 9.47 Å². The van der Waals surface area contributed by atoms with Gasteiger partial charge >= 0.3 is 0 Å². The third kappa shape index (κ3) is 4.08. The molecule has 0 saturated carbocycles. The Hall–Kier alpha value is -2.54. The number of piperazine rings is 1. The highest BCUT2D eigenvalue weighted by atomic mass is 32.1. The quantitative estimate of drug-likeness (QED) is 0.808. The number of thiophene rings is 1. The molecule has 2 amide bonds. The van der Waals surface area contributed by atoms with Crippen molar-refractivity contribution in [1.82, 2.24) is 9.80 Å². The van der Waals surface area contributed by atoms with E-state index in [1.54, 1.807) is 22.3 Å². The van der Waals surface area contributed by atoms with E-state index in [0.29, 0.717) is 44.1 Å². The van der Waals surface area contributed by atoms with E-state index in [2.05, 4.69) is 6.07 Å². The van der Waals surface area contributed by atoms with Crippen LogP contribution >= 0.6 is 11.3 Å². The van der Waals surface area contributed by atoms with Gasteiger partial charge in [0.2, 0.25) is 12.0 Å². The lowest BCUT2D eigenvalue weighted by Gasteiger charge is -2.37. The summed E-state index contributed by atoms with van der Waals surface area (Å²) in [5, 5.41) is 2.03. The molecular formula is C20H22N2O4S. The van der Waals surface area contributed by atoms with Crippen molar-refractivity contribution in [2.24, 2.45) is 0 Å². The molecule has 1 fully saturated rings. The Morgan fingerprint density at radius 2 is 1.74 bits per heavy atom. The molecule has 1 aromatic carbocycles. The highest BCUT2D eigenvalue weighted by Crippen LogP contribution is 2.31. The number of carbonyl (C=O) groups excluding carboxylic acids is 2. The van der Waals surface area contributed by atoms with Crippen molar-refractivity contribution in [1.29, 1.82) is 0 Å². The van der Waals surface area contributed by atoms with E-state index in [1.807, 2.05) is 34.5 Å². The highest BCUT2D eigenvalue weighted by molar-refractivity contribution is 7.09. The Morgan fingerprint density at radius 1 is 1.00 bits per heavy atom. The molecule has 142 valence electrons. The lowest BCUT2D eigenvalue weighted by atomic mass is 10.2. The Balaban J connectivity index is 1.26. The molecule has 7 heteroatoms. The van der Waals surface area contributed by atoms with Gasteiger partial charge in [0.05, 0.1) is 0 Å². The van der Waals surface area contributed by atoms with Crippen molar-refractivity contribution < 1.29 is 19.1 Å². The predicted molar refractivity (Wildman–Crippen MR) is 102 cm³/mol. The summed E-state index contributed by atoms with van der Waals surface area (Å²) in [6, 6.07) is 11.4. The second-order valence-electron chi connectivity index (χ2n) is 6.65. The number of nitrogens with zero attached hydrogens (tertiary/aromatic N) is 2. The molecule has 0 N–H and O–H groups in total. The largest absolute Gasteiger partial charge is 0.485 e. The Kier molecular flexibility index (Phi) is 5.29. The van der Waals surface area contributed by atoms with E-state index in [1.165, 1.54) is 4.88 Å². The number of carbonyl (C=O) groups is 2. The number of amides is 2. The molecule has 0 bridgehead atoms. The fourth-order valence-corrected chi connectivity index (χ4v) is 4.07. The number of hydrogen-bond donors (Lipinski definition) is 0. The monoisotopic (exact) mass is 386 g/mol. The summed E-state index contributed by atoms with van der Waals surface area (Å²) in [5.74, 6) is 1.35. The molecule has 6 nitrogen and oxygen atoms in total. The number of fused-ring (bicyclic) bond motifs is 1. The van der Waals surface area contributed by atoms with Crippen LogP contribution in [0.4, 0.5) is 0 Å². The van der Waals surface area contributed by atoms with Crippen LogP contribution in [0.25, 0.3) is 0 Å². The number of para-hydroxylation sites is 2. The van der Waals surface area contributed by atoms with Gasteiger partial charge in [-0.05, 0) is 30.0 Å². The van der Waals surface area contributed by atoms with Crippen LogP contribution in [0.3, 0.4) is 0 Å². The van der Waals surface area contributed by atoms with Crippen LogP contribution in [-0.2, 0) is 16.0 Å². The van der Waals surface area contributed by atoms with Gasteiger partial charge in [-0.1, -0.05) is 18.2 Å². The maximum absolute atomic E-state index is 12.7. The maximum atomic E-state index is 12.7. The van der Waals surface area contributed by atoms with Crippen LogP contribution in [0.1, 0.15) is 11.3 Å². The van der Waals surface area contributed by atoms with E-state index in [4.69, 9.17) is 9.47 Å². The maximum Gasteiger partial charge on any atom is 0.267 e. The first kappa shape index (κ1) is 17.9. The smallest absolute Gasteiger partial charge is 0.267 e. The molecule has 0 radical (unpaired) electrons. The molecule has 1 unspecified atom stereocenters. The number of ether oxygens (including phenoxy) is 2. The number of rotatable bonds is 4. The Labute approximate surface area is 162 Å². The lowest BCUT2D eigenvalue weighted by molar-refractivity contribution is -0.146. The topological polar surface area (TPSA) is 59.1 Å². The van der Waals surface area contributed by atoms with Crippen molar-refractivity contribution in [3.63, 3.8) is 0 Å². The Bertz CT molecular complexity index is 800. The molecule has 1 saturated heterocycles. The van der Waals surface area contributed by atoms with Crippen LogP contribution in [0.15, 0.2) is 41.8 Å². The summed E-state index contributed by atoms with van der Waals surface area (Å²) in [7, 11) is 0. The molecule has 0 aliphatic carbocycles. The van der Waals surface area contributed by atoms with Gasteiger partial charge in [-0.25, -0.2) is 0 Å². The van der Waals surface area contributed by atoms with E-state index in [-0.39, 0.29) is 18.4 Å². The fraction of sp³-hybridized carbons (Fsp3) is 0.400. The summed E-state index contributed by atoms with van der Waals surface area (Å²) in [4.78, 5) is 30.0. The minimum absolute atomic E-state index is 0.0739. The lowest BCUT2D eigenvalue weighted by Crippen LogP contribution is -2.55. The zero-order chi connectivity index (χ0) is 18.6. The predicted octanol–water partition coefficient (Wildman–Crippen LogP) is 2.19. The van der Waals surface area contributed by atoms with Gasteiger partial charge in [-0.15, -0.1) is 11.3 Å². The molecule has 1 atom stereocenters. The van der Waals surface area contributed by atoms with E-state index in [9.17, 15) is 9.59 Å². The van der Waals surface area contributed by atoms with E-state index in [0.717, 1.165) is 6.42 Å². The third-order valence-corrected chi connectivity index (χ3v) is 5.83. The summed E-state index contributed by atoms with van der Waals surface area (Å²) >= 11 is 1.68. The van der Waals surface area contributed by atoms with Crippen LogP contribution in [0.5, 0.6) is 11.5 Å². The normalized spacial score (nSPS) is 19.0. The van der Waals surface area contributed by atoms with Gasteiger partial charge < -0.3 is 19.3 Å². The summed E-state index contributed by atoms with van der Waals surface area (Å²) in [5.41, 5.74) is 0. The van der Waals surface area contributed by atoms with Gasteiger partial charge in [-0.3, -0.25) is 9.59 Å². The first-order valence-corrected chi connectivity index (χ1v) is 10.1. The second kappa shape index (κ2) is 8.00. The molecule has 2 aliphatic rings. The third-order valence-electron chi connectivity index (χ3n) is 4.89. The van der Waals surface area contributed by atoms with Crippen molar-refractivity contribution in [2.75, 3.05) is 32.8 Å². The molecule has 1 aromatic heterocycles. The standard InChI is InChI=1S/C20H22N2O4S/c23-19(8-7-15-4-3-13-27-15)21-9-11-22(12-10-21)20(24)18-14-25-16-5-1-2-6-17(16)26-18/h1-6,13,18H,7-12,14H2. The highest BCUT2D eigenvalue weighted by Gasteiger charge is 2.33. The average molecular weight is 386 g/mol. The molecule has 4 rings (SSSR count). The summed E-state index contributed by atoms with van der Waals surface area (Å²) in [6.07, 6.45) is 0.675.